The second kappa shape index (κ2) is 2.69. The maximum absolute atomic E-state index is 5.20. The number of nitrogens with zero attached hydrogens (tertiary/aromatic N) is 6. The number of rotatable bonds is 2. The third-order valence-corrected chi connectivity index (χ3v) is 1.17. The minimum atomic E-state index is -0.0219. The van der Waals surface area contributed by atoms with Crippen molar-refractivity contribution >= 4 is 18.0 Å². The maximum atomic E-state index is 5.20. The average molecular weight is 182 g/mol. The fourth-order valence-corrected chi connectivity index (χ4v) is 0.715. The number of nitrogens with two attached hydrogens (primary N) is 1. The van der Waals surface area contributed by atoms with Crippen LogP contribution in [0.1, 0.15) is 0 Å². The summed E-state index contributed by atoms with van der Waals surface area (Å²) < 4.78 is 4.82. The van der Waals surface area contributed by atoms with E-state index in [9.17, 15) is 0 Å². The zero-order chi connectivity index (χ0) is 9.26. The first-order valence-electron chi connectivity index (χ1n) is 3.34. The molecule has 68 valence electrons. The molecular formula is C4H6N8O. The smallest absolute Gasteiger partial charge is 0.323 e. The molecule has 0 aliphatic heterocycles. The van der Waals surface area contributed by atoms with Gasteiger partial charge in [-0.3, -0.25) is 5.32 Å². The van der Waals surface area contributed by atoms with Crippen molar-refractivity contribution in [2.45, 2.75) is 0 Å². The number of nitrogen functional groups attached to an aromatic ring is 1. The first kappa shape index (κ1) is 7.46. The molecule has 0 unspecified atom stereocenters. The van der Waals surface area contributed by atoms with E-state index in [2.05, 4.69) is 30.9 Å². The molecule has 2 rings (SSSR count). The van der Waals surface area contributed by atoms with Gasteiger partial charge in [0.25, 0.3) is 5.95 Å². The summed E-state index contributed by atoms with van der Waals surface area (Å²) in [5.74, 6) is 0.270. The van der Waals surface area contributed by atoms with Gasteiger partial charge in [-0.2, -0.15) is 4.80 Å². The lowest BCUT2D eigenvalue weighted by Crippen LogP contribution is -1.95. The minimum Gasteiger partial charge on any atom is -0.389 e. The second-order valence-corrected chi connectivity index (χ2v) is 2.17. The van der Waals surface area contributed by atoms with E-state index in [1.807, 2.05) is 0 Å². The van der Waals surface area contributed by atoms with Crippen LogP contribution in [0.25, 0.3) is 0 Å². The molecule has 0 radical (unpaired) electrons. The van der Waals surface area contributed by atoms with Crippen molar-refractivity contribution in [2.24, 2.45) is 7.05 Å². The van der Waals surface area contributed by atoms with Crippen molar-refractivity contribution in [3.8, 4) is 0 Å². The van der Waals surface area contributed by atoms with Gasteiger partial charge in [0.15, 0.2) is 0 Å². The molecule has 0 amide bonds. The zero-order valence-corrected chi connectivity index (χ0v) is 6.67. The molecule has 0 spiro atoms. The third-order valence-electron chi connectivity index (χ3n) is 1.17. The van der Waals surface area contributed by atoms with E-state index in [-0.39, 0.29) is 18.0 Å². The molecule has 0 aliphatic rings. The highest BCUT2D eigenvalue weighted by atomic mass is 16.4. The van der Waals surface area contributed by atoms with Crippen LogP contribution < -0.4 is 11.1 Å². The number of anilines is 3. The van der Waals surface area contributed by atoms with E-state index in [4.69, 9.17) is 10.2 Å². The van der Waals surface area contributed by atoms with Gasteiger partial charge < -0.3 is 10.2 Å². The van der Waals surface area contributed by atoms with Gasteiger partial charge in [-0.25, -0.2) is 0 Å². The van der Waals surface area contributed by atoms with Crippen LogP contribution in [0.15, 0.2) is 4.42 Å². The van der Waals surface area contributed by atoms with Crippen LogP contribution in [0.2, 0.25) is 0 Å². The Kier molecular flexibility index (Phi) is 1.55. The Bertz CT molecular complexity index is 365. The first-order valence-corrected chi connectivity index (χ1v) is 3.34. The molecule has 2 aromatic rings. The average Bonchev–Trinajstić information content (AvgIpc) is 2.62. The minimum absolute atomic E-state index is 0.0219. The van der Waals surface area contributed by atoms with E-state index in [0.29, 0.717) is 0 Å². The van der Waals surface area contributed by atoms with Gasteiger partial charge in [-0.1, -0.05) is 15.3 Å². The monoisotopic (exact) mass is 182 g/mol. The number of hydrogen-bond donors (Lipinski definition) is 2. The van der Waals surface area contributed by atoms with Crippen LogP contribution in [-0.2, 0) is 7.05 Å². The number of aromatic nitrogens is 6. The molecule has 9 nitrogen and oxygen atoms in total. The van der Waals surface area contributed by atoms with Crippen molar-refractivity contribution < 1.29 is 4.42 Å². The molecule has 0 saturated carbocycles. The second-order valence-electron chi connectivity index (χ2n) is 2.17. The largest absolute Gasteiger partial charge is 0.389 e. The van der Waals surface area contributed by atoms with Gasteiger partial charge in [-0.05, 0) is 5.21 Å². The van der Waals surface area contributed by atoms with E-state index in [1.165, 1.54) is 4.80 Å². The van der Waals surface area contributed by atoms with Crippen LogP contribution in [0, 0.1) is 0 Å². The van der Waals surface area contributed by atoms with Crippen molar-refractivity contribution in [2.75, 3.05) is 11.1 Å². The normalized spacial score (nSPS) is 10.2. The Morgan fingerprint density at radius 1 is 1.38 bits per heavy atom. The molecule has 3 N–H and O–H groups in total. The lowest BCUT2D eigenvalue weighted by atomic mass is 10.9. The Morgan fingerprint density at radius 3 is 2.77 bits per heavy atom. The summed E-state index contributed by atoms with van der Waals surface area (Å²) in [6.45, 7) is 0. The fraction of sp³-hybridized carbons (Fsp3) is 0.250. The van der Waals surface area contributed by atoms with Crippen molar-refractivity contribution in [1.82, 2.24) is 30.4 Å². The number of hydrogen-bond acceptors (Lipinski definition) is 8. The quantitative estimate of drug-likeness (QED) is 0.601. The first-order chi connectivity index (χ1) is 6.24. The SMILES string of the molecule is Cn1nnc(Nc2nnc(N)o2)n1. The fourth-order valence-electron chi connectivity index (χ4n) is 0.715. The third kappa shape index (κ3) is 1.52. The molecule has 2 heterocycles. The van der Waals surface area contributed by atoms with Gasteiger partial charge in [0.1, 0.15) is 0 Å². The van der Waals surface area contributed by atoms with Crippen LogP contribution >= 0.6 is 0 Å². The number of aryl methyl sites for hydroxylation is 1. The molecule has 0 fully saturated rings. The van der Waals surface area contributed by atoms with E-state index in [0.717, 1.165) is 0 Å². The summed E-state index contributed by atoms with van der Waals surface area (Å²) in [7, 11) is 1.64. The zero-order valence-electron chi connectivity index (χ0n) is 6.67. The molecule has 0 bridgehead atoms. The molecule has 9 heteroatoms. The van der Waals surface area contributed by atoms with Crippen molar-refractivity contribution in [3.05, 3.63) is 0 Å². The summed E-state index contributed by atoms with van der Waals surface area (Å²) in [6, 6.07) is 0.108. The topological polar surface area (TPSA) is 121 Å². The predicted octanol–water partition coefficient (Wildman–Crippen LogP) is -1.08. The number of tetrazole rings is 1. The van der Waals surface area contributed by atoms with Gasteiger partial charge >= 0.3 is 12.0 Å². The highest BCUT2D eigenvalue weighted by Crippen LogP contribution is 2.09. The molecule has 0 saturated heterocycles. The molecule has 2 aromatic heterocycles. The lowest BCUT2D eigenvalue weighted by molar-refractivity contribution is 0.592. The lowest BCUT2D eigenvalue weighted by Gasteiger charge is -1.89. The Morgan fingerprint density at radius 2 is 2.23 bits per heavy atom. The maximum Gasteiger partial charge on any atom is 0.323 e. The predicted molar refractivity (Wildman–Crippen MR) is 40.8 cm³/mol. The van der Waals surface area contributed by atoms with Crippen molar-refractivity contribution in [3.63, 3.8) is 0 Å². The summed E-state index contributed by atoms with van der Waals surface area (Å²) in [6.07, 6.45) is 0. The molecular weight excluding hydrogens is 176 g/mol. The van der Waals surface area contributed by atoms with Gasteiger partial charge in [0, 0.05) is 0 Å². The highest BCUT2D eigenvalue weighted by Gasteiger charge is 2.05. The summed E-state index contributed by atoms with van der Waals surface area (Å²) >= 11 is 0. The van der Waals surface area contributed by atoms with E-state index in [1.54, 1.807) is 7.05 Å². The van der Waals surface area contributed by atoms with Gasteiger partial charge in [-0.15, -0.1) is 5.10 Å². The standard InChI is InChI=1S/C4H6N8O/c1-12-10-3(8-11-12)6-4-9-7-2(5)13-4/h1H3,(H2,5,7)(H,6,9,10). The summed E-state index contributed by atoms with van der Waals surface area (Å²) in [4.78, 5) is 1.29. The van der Waals surface area contributed by atoms with Crippen LogP contribution in [0.5, 0.6) is 0 Å². The Hall–Kier alpha value is -2.19. The number of nitrogens with one attached hydrogen (secondary N) is 1. The molecule has 0 aromatic carbocycles. The summed E-state index contributed by atoms with van der Waals surface area (Å²) in [5, 5.41) is 20.7. The molecule has 13 heavy (non-hydrogen) atoms. The van der Waals surface area contributed by atoms with E-state index < -0.39 is 0 Å². The Balaban J connectivity index is 2.14. The van der Waals surface area contributed by atoms with E-state index >= 15 is 0 Å². The molecule has 0 atom stereocenters. The van der Waals surface area contributed by atoms with Crippen molar-refractivity contribution in [1.29, 1.82) is 0 Å². The Labute approximate surface area is 71.9 Å². The molecule has 0 aliphatic carbocycles. The summed E-state index contributed by atoms with van der Waals surface area (Å²) in [5.41, 5.74) is 5.20. The van der Waals surface area contributed by atoms with Crippen LogP contribution in [0.4, 0.5) is 18.0 Å². The highest BCUT2D eigenvalue weighted by molar-refractivity contribution is 5.38. The van der Waals surface area contributed by atoms with Crippen LogP contribution in [-0.4, -0.2) is 30.4 Å². The van der Waals surface area contributed by atoms with Gasteiger partial charge in [0.2, 0.25) is 0 Å². The van der Waals surface area contributed by atoms with Crippen LogP contribution in [0.3, 0.4) is 0 Å². The van der Waals surface area contributed by atoms with Gasteiger partial charge in [0.05, 0.1) is 7.05 Å².